The van der Waals surface area contributed by atoms with Gasteiger partial charge in [-0.25, -0.2) is 0 Å². The van der Waals surface area contributed by atoms with Crippen molar-refractivity contribution in [1.29, 1.82) is 0 Å². The summed E-state index contributed by atoms with van der Waals surface area (Å²) in [6, 6.07) is 7.72. The second-order valence-corrected chi connectivity index (χ2v) is 8.08. The van der Waals surface area contributed by atoms with E-state index in [-0.39, 0.29) is 29.3 Å². The van der Waals surface area contributed by atoms with Gasteiger partial charge in [0.05, 0.1) is 18.6 Å². The van der Waals surface area contributed by atoms with Crippen molar-refractivity contribution < 1.29 is 14.3 Å². The Bertz CT molecular complexity index is 619. The number of hydrogen-bond acceptors (Lipinski definition) is 4. The normalized spacial score (nSPS) is 19.7. The Balaban J connectivity index is 1.95. The van der Waals surface area contributed by atoms with E-state index in [2.05, 4.69) is 43.1 Å². The zero-order chi connectivity index (χ0) is 19.3. The smallest absolute Gasteiger partial charge is 0.310 e. The van der Waals surface area contributed by atoms with Crippen molar-refractivity contribution in [2.75, 3.05) is 25.0 Å². The van der Waals surface area contributed by atoms with E-state index in [1.165, 1.54) is 5.56 Å². The maximum atomic E-state index is 12.6. The molecular formula is C21H32N2O3. The third-order valence-electron chi connectivity index (χ3n) is 5.02. The summed E-state index contributed by atoms with van der Waals surface area (Å²) < 4.78 is 5.14. The minimum atomic E-state index is -0.283. The summed E-state index contributed by atoms with van der Waals surface area (Å²) in [6.45, 7) is 12.0. The molecule has 5 nitrogen and oxygen atoms in total. The van der Waals surface area contributed by atoms with Crippen LogP contribution in [0.15, 0.2) is 24.3 Å². The number of esters is 1. The van der Waals surface area contributed by atoms with Crippen molar-refractivity contribution in [2.45, 2.75) is 58.9 Å². The Morgan fingerprint density at radius 2 is 1.92 bits per heavy atom. The van der Waals surface area contributed by atoms with Crippen molar-refractivity contribution in [2.24, 2.45) is 5.92 Å². The molecule has 1 amide bonds. The van der Waals surface area contributed by atoms with Gasteiger partial charge < -0.3 is 10.1 Å². The van der Waals surface area contributed by atoms with Crippen molar-refractivity contribution in [3.05, 3.63) is 29.8 Å². The zero-order valence-electron chi connectivity index (χ0n) is 16.7. The van der Waals surface area contributed by atoms with E-state index in [0.717, 1.165) is 25.1 Å². The van der Waals surface area contributed by atoms with Gasteiger partial charge in [-0.15, -0.1) is 0 Å². The summed E-state index contributed by atoms with van der Waals surface area (Å²) >= 11 is 0. The maximum absolute atomic E-state index is 12.6. The summed E-state index contributed by atoms with van der Waals surface area (Å²) in [5.74, 6) is -0.328. The largest absolute Gasteiger partial charge is 0.466 e. The molecule has 0 radical (unpaired) electrons. The van der Waals surface area contributed by atoms with Gasteiger partial charge in [0.2, 0.25) is 5.91 Å². The monoisotopic (exact) mass is 360 g/mol. The van der Waals surface area contributed by atoms with Crippen LogP contribution in [0.3, 0.4) is 0 Å². The van der Waals surface area contributed by atoms with E-state index in [1.807, 2.05) is 26.0 Å². The minimum Gasteiger partial charge on any atom is -0.466 e. The summed E-state index contributed by atoms with van der Waals surface area (Å²) in [7, 11) is 0. The molecule has 0 aliphatic carbocycles. The van der Waals surface area contributed by atoms with E-state index in [0.29, 0.717) is 13.2 Å². The third kappa shape index (κ3) is 5.31. The molecule has 0 bridgehead atoms. The average Bonchev–Trinajstić information content (AvgIpc) is 2.61. The van der Waals surface area contributed by atoms with Crippen LogP contribution in [0.5, 0.6) is 0 Å². The average molecular weight is 360 g/mol. The van der Waals surface area contributed by atoms with Crippen LogP contribution in [0, 0.1) is 5.92 Å². The van der Waals surface area contributed by atoms with Crippen LogP contribution in [0.4, 0.5) is 5.69 Å². The van der Waals surface area contributed by atoms with E-state index < -0.39 is 0 Å². The van der Waals surface area contributed by atoms with E-state index in [1.54, 1.807) is 0 Å². The molecule has 2 rings (SSSR count). The van der Waals surface area contributed by atoms with E-state index in [4.69, 9.17) is 4.74 Å². The Hall–Kier alpha value is -1.88. The number of carbonyl (C=O) groups excluding carboxylic acids is 2. The standard InChI is InChI=1S/C21H32N2O3/c1-6-26-20(25)16-8-7-13-23(14-16)15(2)19(24)22-18-11-9-17(10-12-18)21(3,4)5/h9-12,15-16H,6-8,13-14H2,1-5H3,(H,22,24). The molecule has 1 N–H and O–H groups in total. The maximum Gasteiger partial charge on any atom is 0.310 e. The molecule has 2 atom stereocenters. The van der Waals surface area contributed by atoms with Gasteiger partial charge in [-0.1, -0.05) is 32.9 Å². The number of carbonyl (C=O) groups is 2. The lowest BCUT2D eigenvalue weighted by Crippen LogP contribution is -2.48. The number of anilines is 1. The molecule has 1 aromatic rings. The fraction of sp³-hybridized carbons (Fsp3) is 0.619. The molecule has 0 spiro atoms. The van der Waals surface area contributed by atoms with Gasteiger partial charge in [0, 0.05) is 12.2 Å². The molecule has 1 aliphatic rings. The van der Waals surface area contributed by atoms with Crippen LogP contribution in [-0.4, -0.2) is 42.5 Å². The first-order chi connectivity index (χ1) is 12.2. The number of amides is 1. The molecule has 1 aromatic carbocycles. The number of nitrogens with zero attached hydrogens (tertiary/aromatic N) is 1. The molecule has 1 saturated heterocycles. The Labute approximate surface area is 157 Å². The SMILES string of the molecule is CCOC(=O)C1CCCN(C(C)C(=O)Nc2ccc(C(C)(C)C)cc2)C1. The molecule has 1 aliphatic heterocycles. The number of likely N-dealkylation sites (tertiary alicyclic amines) is 1. The fourth-order valence-corrected chi connectivity index (χ4v) is 3.28. The number of piperidine rings is 1. The lowest BCUT2D eigenvalue weighted by molar-refractivity contribution is -0.150. The summed E-state index contributed by atoms with van der Waals surface area (Å²) in [5.41, 5.74) is 2.12. The Morgan fingerprint density at radius 1 is 1.27 bits per heavy atom. The lowest BCUT2D eigenvalue weighted by Gasteiger charge is -2.35. The third-order valence-corrected chi connectivity index (χ3v) is 5.02. The molecule has 26 heavy (non-hydrogen) atoms. The van der Waals surface area contributed by atoms with Gasteiger partial charge in [0.1, 0.15) is 0 Å². The highest BCUT2D eigenvalue weighted by Gasteiger charge is 2.31. The van der Waals surface area contributed by atoms with Crippen LogP contribution >= 0.6 is 0 Å². The predicted octanol–water partition coefficient (Wildman–Crippen LogP) is 3.59. The van der Waals surface area contributed by atoms with Crippen LogP contribution in [-0.2, 0) is 19.7 Å². The quantitative estimate of drug-likeness (QED) is 0.815. The number of ether oxygens (including phenoxy) is 1. The first-order valence-corrected chi connectivity index (χ1v) is 9.54. The van der Waals surface area contributed by atoms with Gasteiger partial charge in [0.15, 0.2) is 0 Å². The van der Waals surface area contributed by atoms with Crippen LogP contribution in [0.25, 0.3) is 0 Å². The van der Waals surface area contributed by atoms with E-state index in [9.17, 15) is 9.59 Å². The highest BCUT2D eigenvalue weighted by atomic mass is 16.5. The van der Waals surface area contributed by atoms with Crippen molar-refractivity contribution in [1.82, 2.24) is 4.90 Å². The number of hydrogen-bond donors (Lipinski definition) is 1. The second-order valence-electron chi connectivity index (χ2n) is 8.08. The van der Waals surface area contributed by atoms with Gasteiger partial charge in [-0.3, -0.25) is 14.5 Å². The molecule has 5 heteroatoms. The molecule has 2 unspecified atom stereocenters. The molecule has 0 saturated carbocycles. The van der Waals surface area contributed by atoms with Gasteiger partial charge in [-0.2, -0.15) is 0 Å². The van der Waals surface area contributed by atoms with Gasteiger partial charge >= 0.3 is 5.97 Å². The first-order valence-electron chi connectivity index (χ1n) is 9.54. The van der Waals surface area contributed by atoms with E-state index >= 15 is 0 Å². The lowest BCUT2D eigenvalue weighted by atomic mass is 9.87. The summed E-state index contributed by atoms with van der Waals surface area (Å²) in [4.78, 5) is 26.7. The molecule has 0 aromatic heterocycles. The molecule has 1 fully saturated rings. The van der Waals surface area contributed by atoms with Crippen molar-refractivity contribution in [3.8, 4) is 0 Å². The van der Waals surface area contributed by atoms with Crippen LogP contribution < -0.4 is 5.32 Å². The van der Waals surface area contributed by atoms with Gasteiger partial charge in [0.25, 0.3) is 0 Å². The molecule has 1 heterocycles. The minimum absolute atomic E-state index is 0.0435. The van der Waals surface area contributed by atoms with Crippen LogP contribution in [0.2, 0.25) is 0 Å². The highest BCUT2D eigenvalue weighted by Crippen LogP contribution is 2.24. The fourth-order valence-electron chi connectivity index (χ4n) is 3.28. The number of rotatable bonds is 5. The van der Waals surface area contributed by atoms with Crippen molar-refractivity contribution >= 4 is 17.6 Å². The van der Waals surface area contributed by atoms with Gasteiger partial charge in [-0.05, 0) is 56.3 Å². The Morgan fingerprint density at radius 3 is 2.50 bits per heavy atom. The summed E-state index contributed by atoms with van der Waals surface area (Å²) in [5, 5.41) is 2.99. The number of benzene rings is 1. The highest BCUT2D eigenvalue weighted by molar-refractivity contribution is 5.94. The second kappa shape index (κ2) is 8.67. The first kappa shape index (κ1) is 20.4. The van der Waals surface area contributed by atoms with Crippen LogP contribution in [0.1, 0.15) is 53.0 Å². The predicted molar refractivity (Wildman–Crippen MR) is 104 cm³/mol. The molecular weight excluding hydrogens is 328 g/mol. The zero-order valence-corrected chi connectivity index (χ0v) is 16.7. The molecule has 144 valence electrons. The Kier molecular flexibility index (Phi) is 6.81. The topological polar surface area (TPSA) is 58.6 Å². The van der Waals surface area contributed by atoms with Crippen molar-refractivity contribution in [3.63, 3.8) is 0 Å². The number of nitrogens with one attached hydrogen (secondary N) is 1. The summed E-state index contributed by atoms with van der Waals surface area (Å²) in [6.07, 6.45) is 1.74.